The predicted molar refractivity (Wildman–Crippen MR) is 108 cm³/mol. The molecule has 0 spiro atoms. The van der Waals surface area contributed by atoms with Crippen LogP contribution in [0.25, 0.3) is 0 Å². The van der Waals surface area contributed by atoms with Gasteiger partial charge in [-0.3, -0.25) is 9.59 Å². The number of halogens is 1. The first-order valence-corrected chi connectivity index (χ1v) is 9.68. The van der Waals surface area contributed by atoms with Gasteiger partial charge >= 0.3 is 11.8 Å². The topological polar surface area (TPSA) is 93.7 Å². The van der Waals surface area contributed by atoms with Crippen LogP contribution in [0.15, 0.2) is 42.5 Å². The highest BCUT2D eigenvalue weighted by Gasteiger charge is 2.27. The quantitative estimate of drug-likeness (QED) is 0.596. The Hall–Kier alpha value is -3.13. The summed E-state index contributed by atoms with van der Waals surface area (Å²) in [5, 5.41) is 17.8. The number of anilines is 3. The standard InChI is InChI=1S/C21H23FN4O3/c22-15-3-1-13(2-4-15)11-14-7-9-26(10-8-14)20(28)19(27)23-16-5-6-17-18(12-16)25-21(29)24-17/h1-6,12,14,21,24-25,29H,7-11H2,(H,23,27). The van der Waals surface area contributed by atoms with Crippen molar-refractivity contribution in [1.29, 1.82) is 0 Å². The molecule has 0 bridgehead atoms. The number of amides is 2. The van der Waals surface area contributed by atoms with Gasteiger partial charge in [0, 0.05) is 18.8 Å². The summed E-state index contributed by atoms with van der Waals surface area (Å²) in [7, 11) is 0. The van der Waals surface area contributed by atoms with Crippen molar-refractivity contribution in [1.82, 2.24) is 4.90 Å². The monoisotopic (exact) mass is 398 g/mol. The minimum Gasteiger partial charge on any atom is -0.357 e. The third-order valence-corrected chi connectivity index (χ3v) is 5.40. The van der Waals surface area contributed by atoms with Gasteiger partial charge in [-0.05, 0) is 61.1 Å². The molecule has 1 saturated heterocycles. The number of nitrogens with zero attached hydrogens (tertiary/aromatic N) is 1. The second kappa shape index (κ2) is 8.08. The molecule has 1 fully saturated rings. The highest BCUT2D eigenvalue weighted by atomic mass is 19.1. The predicted octanol–water partition coefficient (Wildman–Crippen LogP) is 2.36. The highest BCUT2D eigenvalue weighted by Crippen LogP contribution is 2.31. The smallest absolute Gasteiger partial charge is 0.313 e. The summed E-state index contributed by atoms with van der Waals surface area (Å²) < 4.78 is 13.0. The molecule has 1 atom stereocenters. The van der Waals surface area contributed by atoms with Crippen molar-refractivity contribution in [3.05, 3.63) is 53.8 Å². The van der Waals surface area contributed by atoms with E-state index in [2.05, 4.69) is 16.0 Å². The van der Waals surface area contributed by atoms with E-state index < -0.39 is 18.2 Å². The van der Waals surface area contributed by atoms with Gasteiger partial charge in [0.15, 0.2) is 0 Å². The summed E-state index contributed by atoms with van der Waals surface area (Å²) in [5.74, 6) is -1.05. The second-order valence-corrected chi connectivity index (χ2v) is 7.47. The lowest BCUT2D eigenvalue weighted by molar-refractivity contribution is -0.144. The Kier molecular flexibility index (Phi) is 5.35. The maximum absolute atomic E-state index is 13.0. The molecule has 0 saturated carbocycles. The summed E-state index contributed by atoms with van der Waals surface area (Å²) in [5.41, 5.74) is 2.95. The maximum Gasteiger partial charge on any atom is 0.313 e. The van der Waals surface area contributed by atoms with E-state index in [-0.39, 0.29) is 5.82 Å². The van der Waals surface area contributed by atoms with Crippen molar-refractivity contribution in [2.45, 2.75) is 25.6 Å². The molecule has 29 heavy (non-hydrogen) atoms. The van der Waals surface area contributed by atoms with Gasteiger partial charge < -0.3 is 26.0 Å². The summed E-state index contributed by atoms with van der Waals surface area (Å²) in [4.78, 5) is 26.4. The number of likely N-dealkylation sites (tertiary alicyclic amines) is 1. The van der Waals surface area contributed by atoms with Crippen LogP contribution in [0.2, 0.25) is 0 Å². The fourth-order valence-corrected chi connectivity index (χ4v) is 3.82. The van der Waals surface area contributed by atoms with Crippen molar-refractivity contribution in [3.63, 3.8) is 0 Å². The fraction of sp³-hybridized carbons (Fsp3) is 0.333. The van der Waals surface area contributed by atoms with Crippen LogP contribution in [0.1, 0.15) is 18.4 Å². The molecular formula is C21H23FN4O3. The lowest BCUT2D eigenvalue weighted by Crippen LogP contribution is -2.44. The van der Waals surface area contributed by atoms with Crippen LogP contribution in [-0.2, 0) is 16.0 Å². The second-order valence-electron chi connectivity index (χ2n) is 7.47. The van der Waals surface area contributed by atoms with Crippen LogP contribution in [0.3, 0.4) is 0 Å². The van der Waals surface area contributed by atoms with Crippen LogP contribution in [0.5, 0.6) is 0 Å². The average molecular weight is 398 g/mol. The Morgan fingerprint density at radius 1 is 1.07 bits per heavy atom. The van der Waals surface area contributed by atoms with Gasteiger partial charge in [0.05, 0.1) is 11.4 Å². The minimum absolute atomic E-state index is 0.244. The number of hydrogen-bond acceptors (Lipinski definition) is 5. The third kappa shape index (κ3) is 4.48. The van der Waals surface area contributed by atoms with E-state index in [1.807, 2.05) is 0 Å². The van der Waals surface area contributed by atoms with E-state index >= 15 is 0 Å². The number of carbonyl (C=O) groups is 2. The first-order chi connectivity index (χ1) is 14.0. The first-order valence-electron chi connectivity index (χ1n) is 9.68. The number of aliphatic hydroxyl groups is 1. The van der Waals surface area contributed by atoms with Crippen LogP contribution >= 0.6 is 0 Å². The van der Waals surface area contributed by atoms with E-state index in [9.17, 15) is 19.1 Å². The molecule has 2 heterocycles. The zero-order valence-electron chi connectivity index (χ0n) is 15.8. The minimum atomic E-state index is -0.867. The zero-order chi connectivity index (χ0) is 20.4. The molecule has 4 rings (SSSR count). The van der Waals surface area contributed by atoms with Gasteiger partial charge in [-0.1, -0.05) is 12.1 Å². The Morgan fingerprint density at radius 2 is 1.76 bits per heavy atom. The molecule has 2 amide bonds. The molecule has 4 N–H and O–H groups in total. The summed E-state index contributed by atoms with van der Waals surface area (Å²) >= 11 is 0. The number of piperidine rings is 1. The zero-order valence-corrected chi connectivity index (χ0v) is 15.8. The largest absolute Gasteiger partial charge is 0.357 e. The van der Waals surface area contributed by atoms with Gasteiger partial charge in [-0.25, -0.2) is 4.39 Å². The molecule has 2 aromatic rings. The molecule has 2 aliphatic rings. The van der Waals surface area contributed by atoms with Gasteiger partial charge in [0.2, 0.25) is 6.35 Å². The molecule has 0 radical (unpaired) electrons. The van der Waals surface area contributed by atoms with Crippen LogP contribution < -0.4 is 16.0 Å². The van der Waals surface area contributed by atoms with E-state index in [1.54, 1.807) is 35.2 Å². The Morgan fingerprint density at radius 3 is 2.48 bits per heavy atom. The molecule has 2 aromatic carbocycles. The van der Waals surface area contributed by atoms with E-state index in [4.69, 9.17) is 0 Å². The van der Waals surface area contributed by atoms with Gasteiger partial charge in [-0.15, -0.1) is 0 Å². The number of rotatable bonds is 3. The van der Waals surface area contributed by atoms with Crippen LogP contribution in [0, 0.1) is 11.7 Å². The molecular weight excluding hydrogens is 375 g/mol. The molecule has 0 aromatic heterocycles. The van der Waals surface area contributed by atoms with Crippen molar-refractivity contribution in [3.8, 4) is 0 Å². The van der Waals surface area contributed by atoms with Gasteiger partial charge in [-0.2, -0.15) is 0 Å². The third-order valence-electron chi connectivity index (χ3n) is 5.40. The Labute approximate surface area is 167 Å². The molecule has 8 heteroatoms. The van der Waals surface area contributed by atoms with Crippen molar-refractivity contribution >= 4 is 28.9 Å². The van der Waals surface area contributed by atoms with Gasteiger partial charge in [0.25, 0.3) is 0 Å². The van der Waals surface area contributed by atoms with Gasteiger partial charge in [0.1, 0.15) is 5.82 Å². The number of fused-ring (bicyclic) bond motifs is 1. The number of aliphatic hydroxyl groups excluding tert-OH is 1. The Bertz CT molecular complexity index is 911. The number of nitrogens with one attached hydrogen (secondary N) is 3. The van der Waals surface area contributed by atoms with E-state index in [0.29, 0.717) is 30.4 Å². The van der Waals surface area contributed by atoms with E-state index in [1.165, 1.54) is 12.1 Å². The molecule has 0 aliphatic carbocycles. The normalized spacial score (nSPS) is 18.6. The number of hydrogen-bond donors (Lipinski definition) is 4. The van der Waals surface area contributed by atoms with Crippen LogP contribution in [0.4, 0.5) is 21.5 Å². The molecule has 7 nitrogen and oxygen atoms in total. The molecule has 1 unspecified atom stereocenters. The van der Waals surface area contributed by atoms with Crippen molar-refractivity contribution in [2.75, 3.05) is 29.0 Å². The first kappa shape index (κ1) is 19.2. The fourth-order valence-electron chi connectivity index (χ4n) is 3.82. The van der Waals surface area contributed by atoms with Crippen molar-refractivity contribution < 1.29 is 19.1 Å². The Balaban J connectivity index is 1.28. The van der Waals surface area contributed by atoms with Crippen molar-refractivity contribution in [2.24, 2.45) is 5.92 Å². The maximum atomic E-state index is 13.0. The number of carbonyl (C=O) groups excluding carboxylic acids is 2. The van der Waals surface area contributed by atoms with E-state index in [0.717, 1.165) is 30.5 Å². The summed E-state index contributed by atoms with van der Waals surface area (Å²) in [6.45, 7) is 1.06. The molecule has 152 valence electrons. The SMILES string of the molecule is O=C(Nc1ccc2c(c1)NC(O)N2)C(=O)N1CCC(Cc2ccc(F)cc2)CC1. The summed E-state index contributed by atoms with van der Waals surface area (Å²) in [6, 6.07) is 11.6. The van der Waals surface area contributed by atoms with Crippen LogP contribution in [-0.4, -0.2) is 41.3 Å². The molecule has 2 aliphatic heterocycles. The summed E-state index contributed by atoms with van der Waals surface area (Å²) in [6.07, 6.45) is 1.59. The lowest BCUT2D eigenvalue weighted by atomic mass is 9.90. The lowest BCUT2D eigenvalue weighted by Gasteiger charge is -2.31. The highest BCUT2D eigenvalue weighted by molar-refractivity contribution is 6.39. The average Bonchev–Trinajstić information content (AvgIpc) is 3.09. The number of benzene rings is 2.